The molecule has 4 aliphatic carbocycles. The number of H-pyrrole nitrogens is 1. The van der Waals surface area contributed by atoms with Gasteiger partial charge in [-0.3, -0.25) is 13.9 Å². The topological polar surface area (TPSA) is 72.7 Å². The van der Waals surface area contributed by atoms with Gasteiger partial charge in [0.15, 0.2) is 5.65 Å². The third-order valence-corrected chi connectivity index (χ3v) is 4.65. The van der Waals surface area contributed by atoms with Crippen molar-refractivity contribution >= 4 is 11.2 Å². The van der Waals surface area contributed by atoms with Crippen LogP contribution in [0.1, 0.15) is 84.9 Å². The van der Waals surface area contributed by atoms with Crippen LogP contribution in [0.4, 0.5) is 0 Å². The average Bonchev–Trinajstić information content (AvgIpc) is 3.33. The highest BCUT2D eigenvalue weighted by atomic mass is 16.2. The van der Waals surface area contributed by atoms with Crippen molar-refractivity contribution in [2.45, 2.75) is 77.0 Å². The van der Waals surface area contributed by atoms with E-state index in [1.165, 1.54) is 6.92 Å². The van der Waals surface area contributed by atoms with Crippen LogP contribution in [0.15, 0.2) is 9.59 Å². The van der Waals surface area contributed by atoms with Crippen LogP contribution < -0.4 is 11.2 Å². The monoisotopic (exact) mass is 371 g/mol. The van der Waals surface area contributed by atoms with Gasteiger partial charge >= 0.3 is 5.69 Å². The van der Waals surface area contributed by atoms with Crippen LogP contribution >= 0.6 is 0 Å². The minimum atomic E-state index is -3.84. The van der Waals surface area contributed by atoms with Gasteiger partial charge in [0.2, 0.25) is 0 Å². The van der Waals surface area contributed by atoms with Crippen molar-refractivity contribution in [3.05, 3.63) is 26.7 Å². The lowest BCUT2D eigenvalue weighted by molar-refractivity contribution is 0.262. The smallest absolute Gasteiger partial charge is 0.332 e. The number of rotatable bonds is 5. The zero-order valence-corrected chi connectivity index (χ0v) is 14.3. The minimum absolute atomic E-state index is 0.159. The zero-order valence-electron chi connectivity index (χ0n) is 29.3. The van der Waals surface area contributed by atoms with E-state index in [0.29, 0.717) is 0 Å². The Kier molecular flexibility index (Phi) is 1.49. The molecule has 2 heterocycles. The molecular formula is C20H28N4O2. The molecule has 4 bridgehead atoms. The highest BCUT2D eigenvalue weighted by Gasteiger charge is 2.59. The van der Waals surface area contributed by atoms with Crippen molar-refractivity contribution in [1.82, 2.24) is 19.1 Å². The maximum Gasteiger partial charge on any atom is 0.332 e. The highest BCUT2D eigenvalue weighted by molar-refractivity contribution is 5.70. The van der Waals surface area contributed by atoms with Crippen molar-refractivity contribution in [3.63, 3.8) is 0 Å². The molecule has 6 nitrogen and oxygen atoms in total. The largest absolute Gasteiger partial charge is 0.336 e. The lowest BCUT2D eigenvalue weighted by Gasteiger charge is -2.30. The number of nitrogens with one attached hydrogen (secondary N) is 1. The predicted octanol–water partition coefficient (Wildman–Crippen LogP) is 2.78. The number of hydrogen-bond acceptors (Lipinski definition) is 3. The molecule has 4 saturated carbocycles. The number of hydrogen-bond donors (Lipinski definition) is 1. The van der Waals surface area contributed by atoms with Crippen LogP contribution in [-0.4, -0.2) is 19.1 Å². The maximum atomic E-state index is 13.5. The van der Waals surface area contributed by atoms with Crippen molar-refractivity contribution in [2.75, 3.05) is 0 Å². The van der Waals surface area contributed by atoms with E-state index >= 15 is 0 Å². The van der Waals surface area contributed by atoms with E-state index in [4.69, 9.17) is 19.2 Å². The molecule has 6 heteroatoms. The van der Waals surface area contributed by atoms with Crippen LogP contribution in [0.5, 0.6) is 0 Å². The lowest BCUT2D eigenvalue weighted by atomic mass is 9.75. The Labute approximate surface area is 173 Å². The molecular weight excluding hydrogens is 328 g/mol. The predicted molar refractivity (Wildman–Crippen MR) is 100 cm³/mol. The molecule has 2 aromatic rings. The number of nitrogens with zero attached hydrogens (tertiary/aromatic N) is 3. The molecule has 2 atom stereocenters. The van der Waals surface area contributed by atoms with E-state index in [1.807, 2.05) is 0 Å². The van der Waals surface area contributed by atoms with Gasteiger partial charge in [0.25, 0.3) is 5.56 Å². The molecule has 0 saturated heterocycles. The van der Waals surface area contributed by atoms with E-state index in [9.17, 15) is 11.0 Å². The number of aromatic amines is 1. The Morgan fingerprint density at radius 3 is 2.62 bits per heavy atom. The molecule has 0 radical (unpaired) electrons. The summed E-state index contributed by atoms with van der Waals surface area (Å²) in [5, 5.41) is 0. The van der Waals surface area contributed by atoms with Gasteiger partial charge in [-0.1, -0.05) is 13.8 Å². The number of aryl methyl sites for hydroxylation is 1. The van der Waals surface area contributed by atoms with Crippen molar-refractivity contribution < 1.29 is 20.6 Å². The Morgan fingerprint density at radius 1 is 1.23 bits per heavy atom. The van der Waals surface area contributed by atoms with Gasteiger partial charge in [-0.2, -0.15) is 0 Å². The third kappa shape index (κ3) is 2.01. The molecule has 0 aromatic carbocycles. The first-order valence-electron chi connectivity index (χ1n) is 16.1. The van der Waals surface area contributed by atoms with E-state index in [2.05, 4.69) is 9.97 Å². The van der Waals surface area contributed by atoms with Crippen LogP contribution in [0.3, 0.4) is 0 Å². The SMILES string of the molecule is [2H]C([2H])(CC)n1c(=O)c2[nH]c(C34C([2H])([2H])C5([2H])C([2H])([2H])C([2H])(C([2H])([2H])C3([2H])C5([2H])[2H])C4([2H])[2H])nc2n(CCC)c1=O. The molecule has 0 aliphatic heterocycles. The van der Waals surface area contributed by atoms with E-state index in [-0.39, 0.29) is 24.0 Å². The first-order chi connectivity index (χ1) is 18.3. The molecule has 4 aliphatic rings. The summed E-state index contributed by atoms with van der Waals surface area (Å²) in [6.07, 6.45) is -19.1. The van der Waals surface area contributed by atoms with E-state index in [0.717, 1.165) is 4.57 Å². The molecule has 0 amide bonds. The summed E-state index contributed by atoms with van der Waals surface area (Å²) >= 11 is 0. The number of imidazole rings is 1. The van der Waals surface area contributed by atoms with Crippen molar-refractivity contribution in [2.24, 2.45) is 17.7 Å². The fourth-order valence-electron chi connectivity index (χ4n) is 3.57. The van der Waals surface area contributed by atoms with E-state index < -0.39 is 89.7 Å². The Bertz CT molecular complexity index is 1580. The fourth-order valence-corrected chi connectivity index (χ4v) is 3.57. The van der Waals surface area contributed by atoms with Crippen LogP contribution in [0.2, 0.25) is 0 Å². The average molecular weight is 372 g/mol. The Balaban J connectivity index is 2.05. The summed E-state index contributed by atoms with van der Waals surface area (Å²) in [6.45, 7) is 0.333. The van der Waals surface area contributed by atoms with Gasteiger partial charge in [0.1, 0.15) is 11.3 Å². The molecule has 2 unspecified atom stereocenters. The number of fused-ring (bicyclic) bond motifs is 1. The first-order valence-corrected chi connectivity index (χ1v) is 8.56. The van der Waals surface area contributed by atoms with Crippen LogP contribution in [0.25, 0.3) is 11.2 Å². The van der Waals surface area contributed by atoms with Crippen molar-refractivity contribution in [3.8, 4) is 0 Å². The molecule has 6 rings (SSSR count). The quantitative estimate of drug-likeness (QED) is 0.878. The summed E-state index contributed by atoms with van der Waals surface area (Å²) in [5.41, 5.74) is -7.16. The summed E-state index contributed by atoms with van der Waals surface area (Å²) in [6, 6.07) is 0. The zero-order chi connectivity index (χ0) is 31.6. The van der Waals surface area contributed by atoms with Gasteiger partial charge in [0.05, 0.1) is 2.74 Å². The summed E-state index contributed by atoms with van der Waals surface area (Å²) < 4.78 is 133. The van der Waals surface area contributed by atoms with Crippen LogP contribution in [-0.2, 0) is 18.5 Å². The molecule has 4 fully saturated rings. The summed E-state index contributed by atoms with van der Waals surface area (Å²) in [7, 11) is 0. The third-order valence-electron chi connectivity index (χ3n) is 4.65. The summed E-state index contributed by atoms with van der Waals surface area (Å²) in [5.74, 6) is -12.2. The number of aromatic nitrogens is 4. The van der Waals surface area contributed by atoms with Gasteiger partial charge in [0, 0.05) is 36.3 Å². The molecule has 1 N–H and O–H groups in total. The normalized spacial score (nSPS) is 59.4. The van der Waals surface area contributed by atoms with Crippen molar-refractivity contribution in [1.29, 1.82) is 0 Å². The van der Waals surface area contributed by atoms with Gasteiger partial charge in [-0.05, 0) is 62.4 Å². The highest BCUT2D eigenvalue weighted by Crippen LogP contribution is 2.65. The van der Waals surface area contributed by atoms with Gasteiger partial charge in [-0.15, -0.1) is 0 Å². The molecule has 140 valence electrons. The molecule has 2 aromatic heterocycles. The fraction of sp³-hybridized carbons (Fsp3) is 0.750. The second kappa shape index (κ2) is 5.57. The minimum Gasteiger partial charge on any atom is -0.336 e. The van der Waals surface area contributed by atoms with Gasteiger partial charge < -0.3 is 4.98 Å². The standard InChI is InChI=1S/C20H28N4O2/c1-3-5-23-16-15(17(25)24(6-4-2)19(23)26)21-18(22-16)20-10-12-7-13(11-20)9-14(20)8-12/h12-14H,3-11H2,1-2H3,(H,21,22)/i6D2,7D2,8D2,9D2,10D2,11D2,12D,13D,14D. The Hall–Kier alpha value is -1.85. The Morgan fingerprint density at radius 2 is 1.96 bits per heavy atom. The van der Waals surface area contributed by atoms with E-state index in [1.54, 1.807) is 6.92 Å². The molecule has 26 heavy (non-hydrogen) atoms. The second-order valence-electron chi connectivity index (χ2n) is 6.37. The lowest BCUT2D eigenvalue weighted by Crippen LogP contribution is -2.40. The van der Waals surface area contributed by atoms with Crippen LogP contribution in [0, 0.1) is 17.7 Å². The second-order valence-corrected chi connectivity index (χ2v) is 6.37. The first kappa shape index (κ1) is 6.95. The molecule has 0 spiro atoms. The van der Waals surface area contributed by atoms with Gasteiger partial charge in [-0.25, -0.2) is 9.78 Å². The summed E-state index contributed by atoms with van der Waals surface area (Å²) in [4.78, 5) is 33.3. The maximum absolute atomic E-state index is 13.5.